The van der Waals surface area contributed by atoms with Gasteiger partial charge in [0.05, 0.1) is 12.2 Å². The van der Waals surface area contributed by atoms with Crippen molar-refractivity contribution >= 4 is 33.9 Å². The van der Waals surface area contributed by atoms with Gasteiger partial charge in [-0.25, -0.2) is 9.26 Å². The average molecular weight is 551 g/mol. The second kappa shape index (κ2) is 12.1. The van der Waals surface area contributed by atoms with Gasteiger partial charge >= 0.3 is 0 Å². The molecule has 0 aliphatic heterocycles. The lowest BCUT2D eigenvalue weighted by atomic mass is 9.92. The number of aromatic nitrogens is 4. The van der Waals surface area contributed by atoms with Crippen LogP contribution in [0.5, 0.6) is 0 Å². The summed E-state index contributed by atoms with van der Waals surface area (Å²) in [4.78, 5) is 28.4. The van der Waals surface area contributed by atoms with Crippen LogP contribution in [0.1, 0.15) is 72.1 Å². The second-order valence-electron chi connectivity index (χ2n) is 10.7. The molecule has 2 aromatic carbocycles. The number of fused-ring (bicyclic) bond motifs is 2. The highest BCUT2D eigenvalue weighted by molar-refractivity contribution is 5.98. The maximum absolute atomic E-state index is 12.5. The molecule has 2 aromatic heterocycles. The second-order valence-corrected chi connectivity index (χ2v) is 10.7. The highest BCUT2D eigenvalue weighted by atomic mass is 16.6. The van der Waals surface area contributed by atoms with Crippen molar-refractivity contribution in [3.05, 3.63) is 47.5 Å². The number of benzene rings is 2. The van der Waals surface area contributed by atoms with Gasteiger partial charge in [-0.1, -0.05) is 0 Å². The van der Waals surface area contributed by atoms with Gasteiger partial charge < -0.3 is 20.0 Å². The van der Waals surface area contributed by atoms with E-state index in [-0.39, 0.29) is 36.1 Å². The van der Waals surface area contributed by atoms with Crippen LogP contribution in [0.3, 0.4) is 0 Å². The molecule has 2 saturated carbocycles. The molecule has 0 saturated heterocycles. The Hall–Kier alpha value is -3.90. The molecular formula is C28H34N6O6. The molecule has 12 nitrogen and oxygen atoms in total. The Morgan fingerprint density at radius 2 is 1.07 bits per heavy atom. The molecule has 2 aliphatic rings. The molecule has 2 fully saturated rings. The van der Waals surface area contributed by atoms with Crippen molar-refractivity contribution in [2.24, 2.45) is 0 Å². The minimum absolute atomic E-state index is 0.0611. The highest BCUT2D eigenvalue weighted by Gasteiger charge is 2.28. The van der Waals surface area contributed by atoms with E-state index in [9.17, 15) is 19.8 Å². The van der Waals surface area contributed by atoms with E-state index in [1.165, 1.54) is 0 Å². The lowest BCUT2D eigenvalue weighted by Gasteiger charge is -2.33. The number of hydrogen-bond acceptors (Lipinski definition) is 10. The van der Waals surface area contributed by atoms with Crippen LogP contribution in [0, 0.1) is 0 Å². The summed E-state index contributed by atoms with van der Waals surface area (Å²) >= 11 is 0. The number of rotatable bonds is 4. The van der Waals surface area contributed by atoms with Crippen molar-refractivity contribution in [2.75, 3.05) is 14.1 Å². The molecule has 6 rings (SSSR count). The zero-order valence-electron chi connectivity index (χ0n) is 22.6. The summed E-state index contributed by atoms with van der Waals surface area (Å²) < 4.78 is 9.27. The third kappa shape index (κ3) is 6.13. The summed E-state index contributed by atoms with van der Waals surface area (Å²) in [6.07, 6.45) is 6.14. The number of amides is 2. The lowest BCUT2D eigenvalue weighted by molar-refractivity contribution is 0.0512. The quantitative estimate of drug-likeness (QED) is 0.386. The molecule has 40 heavy (non-hydrogen) atoms. The summed E-state index contributed by atoms with van der Waals surface area (Å²) in [5.41, 5.74) is 3.56. The van der Waals surface area contributed by atoms with Gasteiger partial charge in [0.25, 0.3) is 11.8 Å². The number of nitrogens with zero attached hydrogens (tertiary/aromatic N) is 6. The van der Waals surface area contributed by atoms with E-state index in [1.807, 2.05) is 0 Å². The molecule has 212 valence electrons. The van der Waals surface area contributed by atoms with E-state index in [0.717, 1.165) is 38.5 Å². The van der Waals surface area contributed by atoms with Crippen molar-refractivity contribution in [3.63, 3.8) is 0 Å². The lowest BCUT2D eigenvalue weighted by Crippen LogP contribution is -2.41. The normalized spacial score (nSPS) is 22.9. The highest BCUT2D eigenvalue weighted by Crippen LogP contribution is 2.25. The molecule has 2 amide bonds. The molecule has 4 atom stereocenters. The Labute approximate surface area is 230 Å². The van der Waals surface area contributed by atoms with Crippen LogP contribution in [-0.2, 0) is 0 Å². The van der Waals surface area contributed by atoms with Crippen LogP contribution in [0.4, 0.5) is 0 Å². The Bertz CT molecular complexity index is 1360. The van der Waals surface area contributed by atoms with Crippen molar-refractivity contribution in [1.29, 1.82) is 0 Å². The third-order valence-electron chi connectivity index (χ3n) is 7.98. The summed E-state index contributed by atoms with van der Waals surface area (Å²) in [6, 6.07) is 10.5. The molecule has 4 aromatic rings. The maximum atomic E-state index is 12.5. The maximum Gasteiger partial charge on any atom is 0.253 e. The van der Waals surface area contributed by atoms with Gasteiger partial charge in [0.15, 0.2) is 0 Å². The first-order valence-electron chi connectivity index (χ1n) is 13.6. The Balaban J connectivity index is 0.000000161. The van der Waals surface area contributed by atoms with Crippen LogP contribution in [0.25, 0.3) is 22.1 Å². The number of hydrogen-bond donors (Lipinski definition) is 2. The van der Waals surface area contributed by atoms with Gasteiger partial charge in [0, 0.05) is 37.3 Å². The largest absolute Gasteiger partial charge is 0.393 e. The van der Waals surface area contributed by atoms with E-state index >= 15 is 0 Å². The van der Waals surface area contributed by atoms with E-state index in [0.29, 0.717) is 46.0 Å². The van der Waals surface area contributed by atoms with Gasteiger partial charge in [0.1, 0.15) is 22.1 Å². The number of aliphatic hydroxyl groups excluding tert-OH is 2. The van der Waals surface area contributed by atoms with Crippen LogP contribution in [0.15, 0.2) is 45.7 Å². The zero-order valence-corrected chi connectivity index (χ0v) is 22.6. The van der Waals surface area contributed by atoms with Crippen LogP contribution in [-0.4, -0.2) is 90.8 Å². The summed E-state index contributed by atoms with van der Waals surface area (Å²) in [5, 5.41) is 34.4. The van der Waals surface area contributed by atoms with Crippen LogP contribution in [0.2, 0.25) is 0 Å². The fourth-order valence-corrected chi connectivity index (χ4v) is 5.55. The molecule has 2 heterocycles. The number of carbonyl (C=O) groups is 2. The Kier molecular flexibility index (Phi) is 8.36. The summed E-state index contributed by atoms with van der Waals surface area (Å²) in [6.45, 7) is 0. The molecule has 2 N–H and O–H groups in total. The average Bonchev–Trinajstić information content (AvgIpc) is 3.64. The van der Waals surface area contributed by atoms with E-state index < -0.39 is 0 Å². The first kappa shape index (κ1) is 27.7. The first-order valence-corrected chi connectivity index (χ1v) is 13.6. The fourth-order valence-electron chi connectivity index (χ4n) is 5.55. The molecule has 2 aliphatic carbocycles. The van der Waals surface area contributed by atoms with Crippen molar-refractivity contribution in [2.45, 2.75) is 75.7 Å². The summed E-state index contributed by atoms with van der Waals surface area (Å²) in [7, 11) is 3.58. The predicted molar refractivity (Wildman–Crippen MR) is 144 cm³/mol. The zero-order chi connectivity index (χ0) is 28.2. The van der Waals surface area contributed by atoms with Crippen LogP contribution < -0.4 is 0 Å². The summed E-state index contributed by atoms with van der Waals surface area (Å²) in [5.74, 6) is -0.122. The monoisotopic (exact) mass is 550 g/mol. The standard InChI is InChI=1S/2C14H17N3O3/c2*1-17(10-3-2-4-11(18)8-10)14(19)9-5-6-12-13(7-9)16-20-15-12/h2*5-7,10-11,18H,2-4,8H2,1H3/t10-,11+;10-,11-/m00/s1. The Morgan fingerprint density at radius 1 is 0.675 bits per heavy atom. The Morgan fingerprint density at radius 3 is 1.48 bits per heavy atom. The van der Waals surface area contributed by atoms with Crippen molar-refractivity contribution in [1.82, 2.24) is 30.4 Å². The van der Waals surface area contributed by atoms with Gasteiger partial charge in [-0.3, -0.25) is 9.59 Å². The van der Waals surface area contributed by atoms with E-state index in [2.05, 4.69) is 29.9 Å². The molecule has 0 spiro atoms. The van der Waals surface area contributed by atoms with Gasteiger partial charge in [0.2, 0.25) is 0 Å². The molecular weight excluding hydrogens is 516 g/mol. The molecule has 0 unspecified atom stereocenters. The van der Waals surface area contributed by atoms with Crippen molar-refractivity contribution < 1.29 is 29.1 Å². The van der Waals surface area contributed by atoms with E-state index in [1.54, 1.807) is 60.3 Å². The molecule has 0 radical (unpaired) electrons. The number of carbonyl (C=O) groups excluding carboxylic acids is 2. The minimum Gasteiger partial charge on any atom is -0.393 e. The predicted octanol–water partition coefficient (Wildman–Crippen LogP) is 3.20. The topological polar surface area (TPSA) is 159 Å². The smallest absolute Gasteiger partial charge is 0.253 e. The van der Waals surface area contributed by atoms with Gasteiger partial charge in [-0.05, 0) is 108 Å². The SMILES string of the molecule is CN(C(=O)c1ccc2nonc2c1)[C@H]1CCC[C@@H](O)C1.CN(C(=O)c1ccc2nonc2c1)[C@H]1CCC[C@H](O)C1. The fraction of sp³-hybridized carbons (Fsp3) is 0.500. The van der Waals surface area contributed by atoms with Crippen LogP contribution >= 0.6 is 0 Å². The minimum atomic E-state index is -0.300. The van der Waals surface area contributed by atoms with Gasteiger partial charge in [-0.2, -0.15) is 0 Å². The first-order chi connectivity index (χ1) is 19.3. The number of aliphatic hydroxyl groups is 2. The van der Waals surface area contributed by atoms with Gasteiger partial charge in [-0.15, -0.1) is 0 Å². The van der Waals surface area contributed by atoms with E-state index in [4.69, 9.17) is 0 Å². The third-order valence-corrected chi connectivity index (χ3v) is 7.98. The molecule has 12 heteroatoms. The molecule has 0 bridgehead atoms. The van der Waals surface area contributed by atoms with Crippen molar-refractivity contribution in [3.8, 4) is 0 Å².